The molecule has 0 spiro atoms. The van der Waals surface area contributed by atoms with Crippen LogP contribution in [0.2, 0.25) is 5.02 Å². The van der Waals surface area contributed by atoms with E-state index >= 15 is 0 Å². The van der Waals surface area contributed by atoms with E-state index in [1.165, 1.54) is 18.5 Å². The van der Waals surface area contributed by atoms with E-state index in [0.29, 0.717) is 5.69 Å². The second-order valence-electron chi connectivity index (χ2n) is 3.96. The normalized spacial score (nSPS) is 11.3. The summed E-state index contributed by atoms with van der Waals surface area (Å²) < 4.78 is 26.8. The molecule has 0 aliphatic rings. The van der Waals surface area contributed by atoms with Crippen molar-refractivity contribution in [1.29, 1.82) is 0 Å². The van der Waals surface area contributed by atoms with Crippen LogP contribution in [0.5, 0.6) is 0 Å². The maximum Gasteiger partial charge on any atom is 0.264 e. The molecule has 0 bridgehead atoms. The molecule has 1 N–H and O–H groups in total. The molecule has 6 heteroatoms. The Hall–Kier alpha value is -1.59. The molecule has 0 atom stereocenters. The van der Waals surface area contributed by atoms with Crippen LogP contribution in [-0.2, 0) is 16.4 Å². The summed E-state index contributed by atoms with van der Waals surface area (Å²) in [7, 11) is -3.71. The van der Waals surface area contributed by atoms with Crippen LogP contribution < -0.4 is 4.72 Å². The van der Waals surface area contributed by atoms with Crippen molar-refractivity contribution in [2.24, 2.45) is 0 Å². The molecular formula is C13H13ClN2O2S. The first-order valence-electron chi connectivity index (χ1n) is 5.74. The first-order valence-corrected chi connectivity index (χ1v) is 7.60. The summed E-state index contributed by atoms with van der Waals surface area (Å²) in [5, 5.41) is 0.146. The number of anilines is 1. The summed E-state index contributed by atoms with van der Waals surface area (Å²) in [5.41, 5.74) is 1.64. The van der Waals surface area contributed by atoms with Gasteiger partial charge in [0.1, 0.15) is 4.90 Å². The van der Waals surface area contributed by atoms with Gasteiger partial charge in [0.25, 0.3) is 10.0 Å². The van der Waals surface area contributed by atoms with Gasteiger partial charge in [0, 0.05) is 18.1 Å². The molecular weight excluding hydrogens is 284 g/mol. The van der Waals surface area contributed by atoms with E-state index in [1.54, 1.807) is 12.1 Å². The minimum atomic E-state index is -3.71. The third kappa shape index (κ3) is 3.24. The number of nitrogens with zero attached hydrogens (tertiary/aromatic N) is 1. The molecule has 1 aromatic carbocycles. The Morgan fingerprint density at radius 1 is 1.21 bits per heavy atom. The van der Waals surface area contributed by atoms with Crippen molar-refractivity contribution in [2.75, 3.05) is 4.72 Å². The topological polar surface area (TPSA) is 59.1 Å². The Morgan fingerprint density at radius 3 is 2.47 bits per heavy atom. The fourth-order valence-corrected chi connectivity index (χ4v) is 3.07. The van der Waals surface area contributed by atoms with Crippen LogP contribution in [-0.4, -0.2) is 13.4 Å². The zero-order chi connectivity index (χ0) is 13.9. The molecule has 0 unspecified atom stereocenters. The molecule has 0 saturated carbocycles. The Labute approximate surface area is 117 Å². The molecule has 2 aromatic rings. The number of aromatic nitrogens is 1. The van der Waals surface area contributed by atoms with Gasteiger partial charge in [-0.25, -0.2) is 8.42 Å². The maximum atomic E-state index is 12.1. The Kier molecular flexibility index (Phi) is 4.07. The fourth-order valence-electron chi connectivity index (χ4n) is 1.58. The fraction of sp³-hybridized carbons (Fsp3) is 0.154. The number of aryl methyl sites for hydroxylation is 1. The van der Waals surface area contributed by atoms with E-state index < -0.39 is 10.0 Å². The van der Waals surface area contributed by atoms with Gasteiger partial charge in [0.2, 0.25) is 0 Å². The molecule has 0 fully saturated rings. The van der Waals surface area contributed by atoms with Crippen LogP contribution in [0.25, 0.3) is 0 Å². The molecule has 19 heavy (non-hydrogen) atoms. The molecule has 1 aromatic heterocycles. The van der Waals surface area contributed by atoms with Gasteiger partial charge in [-0.2, -0.15) is 0 Å². The SMILES string of the molecule is CCc1ccc(NS(=O)(=O)c2cnccc2Cl)cc1. The first-order chi connectivity index (χ1) is 9.03. The molecule has 0 aliphatic carbocycles. The van der Waals surface area contributed by atoms with E-state index in [9.17, 15) is 8.42 Å². The molecule has 0 amide bonds. The lowest BCUT2D eigenvalue weighted by Crippen LogP contribution is -2.13. The highest BCUT2D eigenvalue weighted by Crippen LogP contribution is 2.22. The number of hydrogen-bond acceptors (Lipinski definition) is 3. The van der Waals surface area contributed by atoms with Gasteiger partial charge in [0.15, 0.2) is 0 Å². The summed E-state index contributed by atoms with van der Waals surface area (Å²) in [6, 6.07) is 8.64. The van der Waals surface area contributed by atoms with Crippen LogP contribution in [0.1, 0.15) is 12.5 Å². The molecule has 0 radical (unpaired) electrons. The molecule has 100 valence electrons. The van der Waals surface area contributed by atoms with Crippen LogP contribution in [0, 0.1) is 0 Å². The second kappa shape index (κ2) is 5.59. The predicted molar refractivity (Wildman–Crippen MR) is 75.9 cm³/mol. The van der Waals surface area contributed by atoms with E-state index in [-0.39, 0.29) is 9.92 Å². The number of rotatable bonds is 4. The standard InChI is InChI=1S/C13H13ClN2O2S/c1-2-10-3-5-11(6-4-10)16-19(17,18)13-9-15-8-7-12(13)14/h3-9,16H,2H2,1H3. The monoisotopic (exact) mass is 296 g/mol. The second-order valence-corrected chi connectivity index (χ2v) is 6.02. The van der Waals surface area contributed by atoms with Gasteiger partial charge < -0.3 is 0 Å². The number of sulfonamides is 1. The van der Waals surface area contributed by atoms with Gasteiger partial charge in [-0.1, -0.05) is 30.7 Å². The van der Waals surface area contributed by atoms with Crippen molar-refractivity contribution < 1.29 is 8.42 Å². The average Bonchev–Trinajstić information content (AvgIpc) is 2.39. The highest BCUT2D eigenvalue weighted by molar-refractivity contribution is 7.92. The predicted octanol–water partition coefficient (Wildman–Crippen LogP) is 3.10. The summed E-state index contributed by atoms with van der Waals surface area (Å²) in [6.45, 7) is 2.04. The quantitative estimate of drug-likeness (QED) is 0.943. The van der Waals surface area contributed by atoms with Crippen molar-refractivity contribution in [1.82, 2.24) is 4.98 Å². The number of benzene rings is 1. The van der Waals surface area contributed by atoms with E-state index in [0.717, 1.165) is 12.0 Å². The minimum Gasteiger partial charge on any atom is -0.280 e. The Balaban J connectivity index is 2.28. The zero-order valence-electron chi connectivity index (χ0n) is 10.3. The van der Waals surface area contributed by atoms with Crippen molar-refractivity contribution >= 4 is 27.3 Å². The van der Waals surface area contributed by atoms with Crippen molar-refractivity contribution in [3.8, 4) is 0 Å². The summed E-state index contributed by atoms with van der Waals surface area (Å²) in [5.74, 6) is 0. The highest BCUT2D eigenvalue weighted by atomic mass is 35.5. The highest BCUT2D eigenvalue weighted by Gasteiger charge is 2.17. The lowest BCUT2D eigenvalue weighted by molar-refractivity contribution is 0.601. The molecule has 1 heterocycles. The maximum absolute atomic E-state index is 12.1. The third-order valence-corrected chi connectivity index (χ3v) is 4.49. The van der Waals surface area contributed by atoms with Crippen LogP contribution >= 0.6 is 11.6 Å². The van der Waals surface area contributed by atoms with Crippen molar-refractivity contribution in [3.05, 3.63) is 53.3 Å². The molecule has 2 rings (SSSR count). The van der Waals surface area contributed by atoms with Crippen LogP contribution in [0.3, 0.4) is 0 Å². The van der Waals surface area contributed by atoms with Gasteiger partial charge >= 0.3 is 0 Å². The number of halogens is 1. The number of nitrogens with one attached hydrogen (secondary N) is 1. The first kappa shape index (κ1) is 13.8. The van der Waals surface area contributed by atoms with Crippen LogP contribution in [0.4, 0.5) is 5.69 Å². The minimum absolute atomic E-state index is 0.0313. The summed E-state index contributed by atoms with van der Waals surface area (Å²) >= 11 is 5.86. The Morgan fingerprint density at radius 2 is 1.89 bits per heavy atom. The third-order valence-electron chi connectivity index (χ3n) is 2.64. The van der Waals surface area contributed by atoms with E-state index in [1.807, 2.05) is 19.1 Å². The molecule has 4 nitrogen and oxygen atoms in total. The van der Waals surface area contributed by atoms with Crippen molar-refractivity contribution in [3.63, 3.8) is 0 Å². The van der Waals surface area contributed by atoms with E-state index in [2.05, 4.69) is 9.71 Å². The van der Waals surface area contributed by atoms with Crippen LogP contribution in [0.15, 0.2) is 47.6 Å². The average molecular weight is 297 g/mol. The van der Waals surface area contributed by atoms with E-state index in [4.69, 9.17) is 11.6 Å². The lowest BCUT2D eigenvalue weighted by Gasteiger charge is -2.09. The largest absolute Gasteiger partial charge is 0.280 e. The van der Waals surface area contributed by atoms with Crippen molar-refractivity contribution in [2.45, 2.75) is 18.2 Å². The molecule has 0 aliphatic heterocycles. The number of pyridine rings is 1. The number of hydrogen-bond donors (Lipinski definition) is 1. The zero-order valence-corrected chi connectivity index (χ0v) is 11.9. The molecule has 0 saturated heterocycles. The van der Waals surface area contributed by atoms with Gasteiger partial charge in [-0.05, 0) is 30.2 Å². The Bertz CT molecular complexity index is 669. The lowest BCUT2D eigenvalue weighted by atomic mass is 10.2. The summed E-state index contributed by atoms with van der Waals surface area (Å²) in [6.07, 6.45) is 3.57. The van der Waals surface area contributed by atoms with Gasteiger partial charge in [0.05, 0.1) is 5.02 Å². The van der Waals surface area contributed by atoms with Gasteiger partial charge in [-0.3, -0.25) is 9.71 Å². The smallest absolute Gasteiger partial charge is 0.264 e. The summed E-state index contributed by atoms with van der Waals surface area (Å²) in [4.78, 5) is 3.75. The van der Waals surface area contributed by atoms with Gasteiger partial charge in [-0.15, -0.1) is 0 Å².